The molecule has 55 heavy (non-hydrogen) atoms. The van der Waals surface area contributed by atoms with Crippen molar-refractivity contribution < 1.29 is 0 Å². The Balaban J connectivity index is -0.000000639. The highest BCUT2D eigenvalue weighted by Gasteiger charge is 2.09. The predicted octanol–water partition coefficient (Wildman–Crippen LogP) is 11.6. The fraction of sp³-hybridized carbons (Fsp3) is 0.500. The van der Waals surface area contributed by atoms with Gasteiger partial charge in [0.2, 0.25) is 0 Å². The van der Waals surface area contributed by atoms with E-state index in [1.54, 1.807) is 0 Å². The van der Waals surface area contributed by atoms with Crippen LogP contribution in [0.3, 0.4) is 0 Å². The Bertz CT molecular complexity index is 1630. The van der Waals surface area contributed by atoms with E-state index >= 15 is 0 Å². The molecule has 0 bridgehead atoms. The maximum Gasteiger partial charge on any atom is 0.0752 e. The molecule has 0 spiro atoms. The maximum absolute atomic E-state index is 2.37. The van der Waals surface area contributed by atoms with Gasteiger partial charge in [-0.3, -0.25) is 14.7 Å². The third kappa shape index (κ3) is 21.2. The van der Waals surface area contributed by atoms with Gasteiger partial charge >= 0.3 is 0 Å². The van der Waals surface area contributed by atoms with Crippen molar-refractivity contribution in [2.75, 3.05) is 90.7 Å². The molecule has 4 aromatic carbocycles. The summed E-state index contributed by atoms with van der Waals surface area (Å²) in [5.41, 5.74) is 5.22. The molecule has 0 aliphatic rings. The van der Waals surface area contributed by atoms with Crippen molar-refractivity contribution in [3.63, 3.8) is 0 Å². The zero-order chi connectivity index (χ0) is 43.1. The molecule has 0 amide bonds. The zero-order valence-corrected chi connectivity index (χ0v) is 39.5. The summed E-state index contributed by atoms with van der Waals surface area (Å²) in [5.74, 6) is 0. The number of benzene rings is 4. The van der Waals surface area contributed by atoms with Crippen LogP contribution in [-0.2, 0) is 13.7 Å². The molecule has 0 saturated carbocycles. The number of fused-ring (bicyclic) bond motifs is 6. The number of aromatic nitrogens is 2. The summed E-state index contributed by atoms with van der Waals surface area (Å²) in [6, 6.07) is 34.2. The van der Waals surface area contributed by atoms with Crippen molar-refractivity contribution in [1.29, 1.82) is 0 Å². The largest absolute Gasteiger partial charge is 0.344 e. The van der Waals surface area contributed by atoms with Crippen molar-refractivity contribution in [2.45, 2.75) is 69.0 Å². The minimum absolute atomic E-state index is 0.911. The van der Waals surface area contributed by atoms with Crippen LogP contribution < -0.4 is 0 Å². The number of hydrogen-bond acceptors (Lipinski definition) is 5. The zero-order valence-electron chi connectivity index (χ0n) is 39.5. The van der Waals surface area contributed by atoms with E-state index in [2.05, 4.69) is 196 Å². The first-order valence-electron chi connectivity index (χ1n) is 20.4. The predicted molar refractivity (Wildman–Crippen MR) is 255 cm³/mol. The number of aryl methyl sites for hydroxylation is 1. The summed E-state index contributed by atoms with van der Waals surface area (Å²) in [6.07, 6.45) is 0. The Hall–Kier alpha value is -3.72. The van der Waals surface area contributed by atoms with Gasteiger partial charge in [0.05, 0.1) is 17.7 Å². The maximum atomic E-state index is 2.37. The third-order valence-electron chi connectivity index (χ3n) is 7.12. The second-order valence-corrected chi connectivity index (χ2v) is 13.3. The molecule has 0 atom stereocenters. The van der Waals surface area contributed by atoms with E-state index in [9.17, 15) is 0 Å². The monoisotopic (exact) mass is 760 g/mol. The topological polar surface area (TPSA) is 26.1 Å². The van der Waals surface area contributed by atoms with Gasteiger partial charge in [-0.05, 0) is 108 Å². The van der Waals surface area contributed by atoms with Gasteiger partial charge in [0.15, 0.2) is 0 Å². The van der Waals surface area contributed by atoms with E-state index in [0.29, 0.717) is 0 Å². The molecule has 0 N–H and O–H groups in total. The minimum atomic E-state index is 0.911. The van der Waals surface area contributed by atoms with Crippen LogP contribution in [0, 0.1) is 0 Å². The second kappa shape index (κ2) is 33.6. The van der Waals surface area contributed by atoms with Crippen LogP contribution in [0.5, 0.6) is 0 Å². The fourth-order valence-electron chi connectivity index (χ4n) is 5.12. The Kier molecular flexibility index (Phi) is 34.0. The summed E-state index contributed by atoms with van der Waals surface area (Å²) in [6.45, 7) is 21.2. The van der Waals surface area contributed by atoms with Crippen molar-refractivity contribution in [3.05, 3.63) is 97.1 Å². The van der Waals surface area contributed by atoms with Crippen LogP contribution in [0.25, 0.3) is 43.6 Å². The Morgan fingerprint density at radius 3 is 0.836 bits per heavy atom. The quantitative estimate of drug-likeness (QED) is 0.163. The molecular weight excluding hydrogens is 675 g/mol. The van der Waals surface area contributed by atoms with Gasteiger partial charge in [0.1, 0.15) is 0 Å². The highest BCUT2D eigenvalue weighted by Crippen LogP contribution is 2.29. The first-order valence-corrected chi connectivity index (χ1v) is 20.4. The van der Waals surface area contributed by atoms with Gasteiger partial charge in [-0.15, -0.1) is 0 Å². The van der Waals surface area contributed by atoms with Crippen molar-refractivity contribution in [2.24, 2.45) is 7.05 Å². The minimum Gasteiger partial charge on any atom is -0.344 e. The third-order valence-corrected chi connectivity index (χ3v) is 7.12. The molecule has 312 valence electrons. The first kappa shape index (κ1) is 55.6. The number of rotatable bonds is 5. The van der Waals surface area contributed by atoms with Gasteiger partial charge in [0, 0.05) is 46.3 Å². The first-order chi connectivity index (χ1) is 26.3. The fourth-order valence-corrected chi connectivity index (χ4v) is 5.12. The summed E-state index contributed by atoms with van der Waals surface area (Å²) in [4.78, 5) is 10.6. The van der Waals surface area contributed by atoms with E-state index < -0.39 is 0 Å². The lowest BCUT2D eigenvalue weighted by Gasteiger charge is -2.14. The molecule has 6 rings (SSSR count). The van der Waals surface area contributed by atoms with Crippen molar-refractivity contribution >= 4 is 43.6 Å². The number of para-hydroxylation sites is 4. The molecule has 0 fully saturated rings. The van der Waals surface area contributed by atoms with Gasteiger partial charge < -0.3 is 18.9 Å². The summed E-state index contributed by atoms with van der Waals surface area (Å²) in [5, 5.41) is 5.35. The normalized spacial score (nSPS) is 9.85. The molecule has 0 radical (unpaired) electrons. The van der Waals surface area contributed by atoms with E-state index in [0.717, 1.165) is 19.9 Å². The van der Waals surface area contributed by atoms with Gasteiger partial charge in [-0.1, -0.05) is 135 Å². The van der Waals surface area contributed by atoms with Crippen LogP contribution in [0.1, 0.15) is 62.3 Å². The standard InChI is InChI=1S/C15H16N2.C13H11N.C5H14N2.C4H11N.C3H9N.4C2H6/c1-16(2)11-17-14-9-5-3-7-12(14)13-8-4-6-10-15(13)17;1-14-12-8-4-2-6-10(12)11-7-3-5-9-13(11)14;1-6(2)5-7(3)4;1-4-5(2)3;1-4(2)3;4*1-2/h3-10H,11H2,1-2H3;2-9H,1H3;5H2,1-4H3;4H2,1-3H3;1-3H3;4*1-2H3. The summed E-state index contributed by atoms with van der Waals surface area (Å²) >= 11 is 0. The molecule has 0 saturated heterocycles. The lowest BCUT2D eigenvalue weighted by molar-refractivity contribution is 0.245. The average Bonchev–Trinajstić information content (AvgIpc) is 3.66. The molecular formula is C48H85N7. The molecule has 7 heteroatoms. The highest BCUT2D eigenvalue weighted by atomic mass is 15.2. The van der Waals surface area contributed by atoms with Crippen molar-refractivity contribution in [1.82, 2.24) is 33.6 Å². The van der Waals surface area contributed by atoms with Crippen molar-refractivity contribution in [3.8, 4) is 0 Å². The SMILES string of the molecule is CC.CC.CC.CC.CCN(C)C.CN(C)C.CN(C)CN(C)C.CN(C)Cn1c2ccccc2c2ccccc21.Cn1c2ccccc2c2ccccc21. The number of nitrogens with zero attached hydrogens (tertiary/aromatic N) is 7. The smallest absolute Gasteiger partial charge is 0.0752 e. The molecule has 7 nitrogen and oxygen atoms in total. The molecule has 2 heterocycles. The van der Waals surface area contributed by atoms with E-state index in [4.69, 9.17) is 0 Å². The second-order valence-electron chi connectivity index (χ2n) is 13.3. The lowest BCUT2D eigenvalue weighted by atomic mass is 10.2. The summed E-state index contributed by atoms with van der Waals surface area (Å²) in [7, 11) is 24.7. The van der Waals surface area contributed by atoms with Crippen LogP contribution in [0.2, 0.25) is 0 Å². The molecule has 6 aromatic rings. The molecule has 0 unspecified atom stereocenters. The van der Waals surface area contributed by atoms with Gasteiger partial charge in [-0.2, -0.15) is 0 Å². The Labute approximate surface area is 340 Å². The van der Waals surface area contributed by atoms with E-state index in [1.807, 2.05) is 81.4 Å². The molecule has 0 aliphatic heterocycles. The van der Waals surface area contributed by atoms with Gasteiger partial charge in [0.25, 0.3) is 0 Å². The summed E-state index contributed by atoms with van der Waals surface area (Å²) < 4.78 is 4.61. The molecule has 0 aliphatic carbocycles. The Morgan fingerprint density at radius 1 is 0.382 bits per heavy atom. The molecule has 2 aromatic heterocycles. The highest BCUT2D eigenvalue weighted by molar-refractivity contribution is 6.08. The van der Waals surface area contributed by atoms with Crippen LogP contribution >= 0.6 is 0 Å². The van der Waals surface area contributed by atoms with Crippen LogP contribution in [-0.4, -0.2) is 124 Å². The van der Waals surface area contributed by atoms with Crippen LogP contribution in [0.4, 0.5) is 0 Å². The number of hydrogen-bond donors (Lipinski definition) is 0. The van der Waals surface area contributed by atoms with Crippen LogP contribution in [0.15, 0.2) is 97.1 Å². The van der Waals surface area contributed by atoms with Gasteiger partial charge in [-0.25, -0.2) is 0 Å². The van der Waals surface area contributed by atoms with E-state index in [1.165, 1.54) is 43.6 Å². The van der Waals surface area contributed by atoms with E-state index in [-0.39, 0.29) is 0 Å². The Morgan fingerprint density at radius 2 is 0.618 bits per heavy atom. The lowest BCUT2D eigenvalue weighted by Crippen LogP contribution is -2.26. The average molecular weight is 760 g/mol.